The minimum absolute atomic E-state index is 0.149. The van der Waals surface area contributed by atoms with Gasteiger partial charge in [-0.05, 0) is 30.5 Å². The molecule has 0 aromatic heterocycles. The Bertz CT molecular complexity index is 541. The number of ether oxygens (including phenoxy) is 3. The number of hydrogen-bond acceptors (Lipinski definition) is 4. The topological polar surface area (TPSA) is 48.0 Å². The molecule has 20 heavy (non-hydrogen) atoms. The Morgan fingerprint density at radius 3 is 3.00 bits per heavy atom. The zero-order valence-electron chi connectivity index (χ0n) is 11.4. The van der Waals surface area contributed by atoms with Crippen molar-refractivity contribution in [1.29, 1.82) is 0 Å². The normalized spacial score (nSPS) is 20.8. The summed E-state index contributed by atoms with van der Waals surface area (Å²) in [5.74, 6) is 1.56. The van der Waals surface area contributed by atoms with Crippen molar-refractivity contribution in [1.82, 2.24) is 4.90 Å². The standard InChI is InChI=1S/C15H17NO4/c1-2-12-9-18-15(17)16(12)7-3-4-11-5-6-13-14(8-11)20-10-19-13/h3,5-8,12H,2,4,9-10H2,1H3/b7-3+/t12-/m1/s1. The second kappa shape index (κ2) is 5.45. The molecule has 0 unspecified atom stereocenters. The average molecular weight is 275 g/mol. The summed E-state index contributed by atoms with van der Waals surface area (Å²) in [5, 5.41) is 0. The van der Waals surface area contributed by atoms with E-state index in [0.29, 0.717) is 6.61 Å². The molecule has 0 radical (unpaired) electrons. The van der Waals surface area contributed by atoms with Gasteiger partial charge in [-0.1, -0.05) is 19.1 Å². The number of carbonyl (C=O) groups excluding carboxylic acids is 1. The molecule has 1 saturated heterocycles. The third-order valence-electron chi connectivity index (χ3n) is 3.53. The fourth-order valence-electron chi connectivity index (χ4n) is 2.34. The van der Waals surface area contributed by atoms with Crippen molar-refractivity contribution in [2.45, 2.75) is 25.8 Å². The molecular weight excluding hydrogens is 258 g/mol. The third kappa shape index (κ3) is 2.43. The van der Waals surface area contributed by atoms with E-state index in [9.17, 15) is 4.79 Å². The second-order valence-corrected chi connectivity index (χ2v) is 4.82. The highest BCUT2D eigenvalue weighted by Crippen LogP contribution is 2.32. The van der Waals surface area contributed by atoms with E-state index in [2.05, 4.69) is 0 Å². The van der Waals surface area contributed by atoms with Gasteiger partial charge in [-0.2, -0.15) is 0 Å². The number of hydrogen-bond donors (Lipinski definition) is 0. The van der Waals surface area contributed by atoms with Gasteiger partial charge in [-0.25, -0.2) is 4.79 Å². The van der Waals surface area contributed by atoms with Crippen LogP contribution in [0.3, 0.4) is 0 Å². The Balaban J connectivity index is 1.64. The molecule has 1 aromatic rings. The van der Waals surface area contributed by atoms with E-state index >= 15 is 0 Å². The molecule has 0 bridgehead atoms. The predicted octanol–water partition coefficient (Wildman–Crippen LogP) is 2.70. The molecule has 0 saturated carbocycles. The largest absolute Gasteiger partial charge is 0.454 e. The molecule has 0 N–H and O–H groups in total. The third-order valence-corrected chi connectivity index (χ3v) is 3.53. The van der Waals surface area contributed by atoms with E-state index in [0.717, 1.165) is 29.9 Å². The fraction of sp³-hybridized carbons (Fsp3) is 0.400. The molecule has 3 rings (SSSR count). The number of nitrogens with zero attached hydrogens (tertiary/aromatic N) is 1. The van der Waals surface area contributed by atoms with Gasteiger partial charge in [0.15, 0.2) is 11.5 Å². The summed E-state index contributed by atoms with van der Waals surface area (Å²) in [4.78, 5) is 13.2. The van der Waals surface area contributed by atoms with Crippen LogP contribution in [0.1, 0.15) is 18.9 Å². The number of cyclic esters (lactones) is 1. The summed E-state index contributed by atoms with van der Waals surface area (Å²) in [5.41, 5.74) is 1.12. The first-order chi connectivity index (χ1) is 9.78. The molecule has 5 heteroatoms. The molecule has 106 valence electrons. The van der Waals surface area contributed by atoms with Crippen molar-refractivity contribution in [3.8, 4) is 11.5 Å². The molecular formula is C15H17NO4. The van der Waals surface area contributed by atoms with Crippen molar-refractivity contribution in [2.75, 3.05) is 13.4 Å². The number of rotatable bonds is 4. The smallest absolute Gasteiger partial charge is 0.414 e. The van der Waals surface area contributed by atoms with Crippen LogP contribution in [0.5, 0.6) is 11.5 Å². The first kappa shape index (κ1) is 12.8. The van der Waals surface area contributed by atoms with Crippen molar-refractivity contribution >= 4 is 6.09 Å². The van der Waals surface area contributed by atoms with Gasteiger partial charge in [0, 0.05) is 6.20 Å². The second-order valence-electron chi connectivity index (χ2n) is 4.82. The highest BCUT2D eigenvalue weighted by molar-refractivity contribution is 5.71. The number of carbonyl (C=O) groups is 1. The molecule has 0 spiro atoms. The van der Waals surface area contributed by atoms with Gasteiger partial charge in [0.05, 0.1) is 6.04 Å². The van der Waals surface area contributed by atoms with E-state index in [-0.39, 0.29) is 18.9 Å². The molecule has 1 atom stereocenters. The lowest BCUT2D eigenvalue weighted by molar-refractivity contribution is 0.166. The minimum Gasteiger partial charge on any atom is -0.454 e. The highest BCUT2D eigenvalue weighted by Gasteiger charge is 2.29. The van der Waals surface area contributed by atoms with Crippen molar-refractivity contribution < 1.29 is 19.0 Å². The Kier molecular flexibility index (Phi) is 3.50. The number of allylic oxidation sites excluding steroid dienone is 1. The number of amides is 1. The van der Waals surface area contributed by atoms with Gasteiger partial charge in [0.1, 0.15) is 6.61 Å². The van der Waals surface area contributed by atoms with Crippen LogP contribution in [0, 0.1) is 0 Å². The van der Waals surface area contributed by atoms with E-state index < -0.39 is 0 Å². The van der Waals surface area contributed by atoms with Crippen LogP contribution in [0.4, 0.5) is 4.79 Å². The minimum atomic E-state index is -0.265. The molecule has 1 amide bonds. The summed E-state index contributed by atoms with van der Waals surface area (Å²) in [6.07, 6.45) is 5.14. The van der Waals surface area contributed by atoms with Crippen molar-refractivity contribution in [3.63, 3.8) is 0 Å². The molecule has 1 aromatic carbocycles. The first-order valence-electron chi connectivity index (χ1n) is 6.78. The SMILES string of the molecule is CC[C@@H]1COC(=O)N1/C=C/Cc1ccc2c(c1)OCO2. The van der Waals surface area contributed by atoms with Crippen molar-refractivity contribution in [2.24, 2.45) is 0 Å². The van der Waals surface area contributed by atoms with Gasteiger partial charge in [0.25, 0.3) is 0 Å². The lowest BCUT2D eigenvalue weighted by atomic mass is 10.1. The van der Waals surface area contributed by atoms with Crippen LogP contribution in [0.2, 0.25) is 0 Å². The monoisotopic (exact) mass is 275 g/mol. The van der Waals surface area contributed by atoms with Gasteiger partial charge < -0.3 is 14.2 Å². The van der Waals surface area contributed by atoms with E-state index in [1.54, 1.807) is 4.90 Å². The van der Waals surface area contributed by atoms with Crippen LogP contribution >= 0.6 is 0 Å². The quantitative estimate of drug-likeness (QED) is 0.847. The molecule has 5 nitrogen and oxygen atoms in total. The Morgan fingerprint density at radius 1 is 1.30 bits per heavy atom. The fourth-order valence-corrected chi connectivity index (χ4v) is 2.34. The molecule has 2 heterocycles. The maximum absolute atomic E-state index is 11.6. The summed E-state index contributed by atoms with van der Waals surface area (Å²) < 4.78 is 15.6. The molecule has 2 aliphatic heterocycles. The summed E-state index contributed by atoms with van der Waals surface area (Å²) in [6.45, 7) is 2.81. The van der Waals surface area contributed by atoms with E-state index in [1.807, 2.05) is 37.4 Å². The van der Waals surface area contributed by atoms with Crippen LogP contribution in [-0.4, -0.2) is 30.4 Å². The maximum Gasteiger partial charge on any atom is 0.414 e. The lowest BCUT2D eigenvalue weighted by Gasteiger charge is -2.14. The van der Waals surface area contributed by atoms with E-state index in [4.69, 9.17) is 14.2 Å². The van der Waals surface area contributed by atoms with Crippen LogP contribution in [0.15, 0.2) is 30.5 Å². The first-order valence-corrected chi connectivity index (χ1v) is 6.78. The summed E-state index contributed by atoms with van der Waals surface area (Å²) in [6, 6.07) is 6.02. The average Bonchev–Trinajstić information content (AvgIpc) is 3.05. The predicted molar refractivity (Wildman–Crippen MR) is 72.7 cm³/mol. The Morgan fingerprint density at radius 2 is 2.15 bits per heavy atom. The van der Waals surface area contributed by atoms with Crippen molar-refractivity contribution in [3.05, 3.63) is 36.0 Å². The van der Waals surface area contributed by atoms with Gasteiger partial charge in [0.2, 0.25) is 6.79 Å². The lowest BCUT2D eigenvalue weighted by Crippen LogP contribution is -2.27. The molecule has 0 aliphatic carbocycles. The van der Waals surface area contributed by atoms with Crippen LogP contribution in [0.25, 0.3) is 0 Å². The van der Waals surface area contributed by atoms with Gasteiger partial charge in [-0.3, -0.25) is 4.90 Å². The maximum atomic E-state index is 11.6. The zero-order valence-corrected chi connectivity index (χ0v) is 11.4. The zero-order chi connectivity index (χ0) is 13.9. The van der Waals surface area contributed by atoms with Gasteiger partial charge in [-0.15, -0.1) is 0 Å². The number of fused-ring (bicyclic) bond motifs is 1. The molecule has 2 aliphatic rings. The van der Waals surface area contributed by atoms with Crippen LogP contribution in [-0.2, 0) is 11.2 Å². The summed E-state index contributed by atoms with van der Waals surface area (Å²) >= 11 is 0. The molecule has 1 fully saturated rings. The highest BCUT2D eigenvalue weighted by atomic mass is 16.7. The Labute approximate surface area is 117 Å². The van der Waals surface area contributed by atoms with E-state index in [1.165, 1.54) is 0 Å². The summed E-state index contributed by atoms with van der Waals surface area (Å²) in [7, 11) is 0. The van der Waals surface area contributed by atoms with Crippen LogP contribution < -0.4 is 9.47 Å². The van der Waals surface area contributed by atoms with Gasteiger partial charge >= 0.3 is 6.09 Å². The number of benzene rings is 1. The Hall–Kier alpha value is -2.17.